The molecular formula is C14H14N2O2. The third-order valence-corrected chi connectivity index (χ3v) is 2.78. The lowest BCUT2D eigenvalue weighted by Gasteiger charge is -2.19. The monoisotopic (exact) mass is 242 g/mol. The van der Waals surface area contributed by atoms with Crippen molar-refractivity contribution in [3.63, 3.8) is 0 Å². The van der Waals surface area contributed by atoms with Crippen LogP contribution in [0, 0.1) is 0 Å². The summed E-state index contributed by atoms with van der Waals surface area (Å²) in [4.78, 5) is 23.0. The van der Waals surface area contributed by atoms with Crippen LogP contribution in [0.3, 0.4) is 0 Å². The predicted molar refractivity (Wildman–Crippen MR) is 71.4 cm³/mol. The van der Waals surface area contributed by atoms with Gasteiger partial charge < -0.3 is 10.2 Å². The summed E-state index contributed by atoms with van der Waals surface area (Å²) in [5, 5.41) is 4.66. The van der Waals surface area contributed by atoms with Gasteiger partial charge in [0.2, 0.25) is 12.8 Å². The molecule has 0 saturated carbocycles. The highest BCUT2D eigenvalue weighted by atomic mass is 16.1. The lowest BCUT2D eigenvalue weighted by molar-refractivity contribution is -0.110. The Morgan fingerprint density at radius 2 is 1.83 bits per heavy atom. The topological polar surface area (TPSA) is 49.4 Å². The van der Waals surface area contributed by atoms with E-state index in [1.165, 1.54) is 0 Å². The molecule has 2 aromatic rings. The summed E-state index contributed by atoms with van der Waals surface area (Å²) < 4.78 is 0. The number of hydrogen-bond donors (Lipinski definition) is 1. The van der Waals surface area contributed by atoms with Crippen molar-refractivity contribution in [1.82, 2.24) is 5.32 Å². The molecule has 0 saturated heterocycles. The molecule has 4 heteroatoms. The zero-order valence-corrected chi connectivity index (χ0v) is 9.87. The minimum atomic E-state index is 0.436. The fraction of sp³-hybridized carbons (Fsp3) is 0.143. The smallest absolute Gasteiger partial charge is 0.214 e. The van der Waals surface area contributed by atoms with Gasteiger partial charge in [-0.1, -0.05) is 36.4 Å². The maximum atomic E-state index is 11.2. The molecular weight excluding hydrogens is 228 g/mol. The van der Waals surface area contributed by atoms with E-state index < -0.39 is 0 Å². The molecule has 0 aliphatic carbocycles. The minimum Gasteiger partial charge on any atom is -0.357 e. The summed E-state index contributed by atoms with van der Waals surface area (Å²) in [7, 11) is 0. The van der Waals surface area contributed by atoms with Gasteiger partial charge in [-0.25, -0.2) is 0 Å². The van der Waals surface area contributed by atoms with E-state index in [0.29, 0.717) is 19.5 Å². The standard InChI is InChI=1S/C14H14N2O2/c17-10-15-8-9-16(11-18)14-7-3-5-12-4-1-2-6-13(12)14/h1-7,10-11H,8-9H2,(H,15,17). The molecule has 0 spiro atoms. The van der Waals surface area contributed by atoms with E-state index in [-0.39, 0.29) is 0 Å². The molecule has 0 atom stereocenters. The van der Waals surface area contributed by atoms with Crippen LogP contribution in [-0.2, 0) is 9.59 Å². The number of rotatable bonds is 6. The number of amides is 2. The Morgan fingerprint density at radius 3 is 2.61 bits per heavy atom. The fourth-order valence-electron chi connectivity index (χ4n) is 1.93. The predicted octanol–water partition coefficient (Wildman–Crippen LogP) is 1.55. The number of nitrogens with one attached hydrogen (secondary N) is 1. The molecule has 18 heavy (non-hydrogen) atoms. The van der Waals surface area contributed by atoms with Gasteiger partial charge in [0.15, 0.2) is 0 Å². The third kappa shape index (κ3) is 2.48. The van der Waals surface area contributed by atoms with Crippen molar-refractivity contribution in [3.8, 4) is 0 Å². The van der Waals surface area contributed by atoms with E-state index in [0.717, 1.165) is 22.9 Å². The lowest BCUT2D eigenvalue weighted by Crippen LogP contribution is -2.30. The first-order chi connectivity index (χ1) is 8.86. The van der Waals surface area contributed by atoms with Crippen molar-refractivity contribution in [3.05, 3.63) is 42.5 Å². The van der Waals surface area contributed by atoms with E-state index in [1.807, 2.05) is 42.5 Å². The van der Waals surface area contributed by atoms with Gasteiger partial charge in [0, 0.05) is 18.5 Å². The Hall–Kier alpha value is -2.36. The average Bonchev–Trinajstić information content (AvgIpc) is 2.43. The van der Waals surface area contributed by atoms with Gasteiger partial charge >= 0.3 is 0 Å². The number of hydrogen-bond acceptors (Lipinski definition) is 2. The van der Waals surface area contributed by atoms with Crippen molar-refractivity contribution in [2.45, 2.75) is 0 Å². The second-order valence-corrected chi connectivity index (χ2v) is 3.87. The first-order valence-corrected chi connectivity index (χ1v) is 5.73. The molecule has 0 aliphatic heterocycles. The summed E-state index contributed by atoms with van der Waals surface area (Å²) in [6.45, 7) is 0.891. The van der Waals surface area contributed by atoms with Crippen LogP contribution in [0.2, 0.25) is 0 Å². The van der Waals surface area contributed by atoms with E-state index >= 15 is 0 Å². The van der Waals surface area contributed by atoms with Gasteiger partial charge in [0.25, 0.3) is 0 Å². The Kier molecular flexibility index (Phi) is 3.91. The van der Waals surface area contributed by atoms with E-state index in [9.17, 15) is 9.59 Å². The molecule has 0 fully saturated rings. The Bertz CT molecular complexity index is 549. The molecule has 0 unspecified atom stereocenters. The molecule has 0 aliphatic rings. The highest BCUT2D eigenvalue weighted by Gasteiger charge is 2.08. The third-order valence-electron chi connectivity index (χ3n) is 2.78. The van der Waals surface area contributed by atoms with Crippen LogP contribution in [0.15, 0.2) is 42.5 Å². The number of nitrogens with zero attached hydrogens (tertiary/aromatic N) is 1. The zero-order chi connectivity index (χ0) is 12.8. The van der Waals surface area contributed by atoms with Crippen molar-refractivity contribution in [1.29, 1.82) is 0 Å². The quantitative estimate of drug-likeness (QED) is 0.617. The van der Waals surface area contributed by atoms with E-state index in [4.69, 9.17) is 0 Å². The molecule has 2 amide bonds. The van der Waals surface area contributed by atoms with Gasteiger partial charge in [-0.05, 0) is 11.5 Å². The highest BCUT2D eigenvalue weighted by Crippen LogP contribution is 2.25. The summed E-state index contributed by atoms with van der Waals surface area (Å²) in [6, 6.07) is 13.7. The molecule has 4 nitrogen and oxygen atoms in total. The maximum Gasteiger partial charge on any atom is 0.214 e. The van der Waals surface area contributed by atoms with Gasteiger partial charge in [-0.15, -0.1) is 0 Å². The number of benzene rings is 2. The Labute approximate surface area is 105 Å². The molecule has 0 radical (unpaired) electrons. The average molecular weight is 242 g/mol. The molecule has 0 aromatic heterocycles. The van der Waals surface area contributed by atoms with Gasteiger partial charge in [-0.2, -0.15) is 0 Å². The van der Waals surface area contributed by atoms with Crippen LogP contribution < -0.4 is 10.2 Å². The molecule has 2 aromatic carbocycles. The molecule has 92 valence electrons. The molecule has 0 bridgehead atoms. The first-order valence-electron chi connectivity index (χ1n) is 5.73. The normalized spacial score (nSPS) is 10.0. The van der Waals surface area contributed by atoms with Gasteiger partial charge in [0.05, 0.1) is 5.69 Å². The van der Waals surface area contributed by atoms with Crippen LogP contribution in [0.25, 0.3) is 10.8 Å². The molecule has 1 N–H and O–H groups in total. The Balaban J connectivity index is 2.32. The second-order valence-electron chi connectivity index (χ2n) is 3.87. The number of carbonyl (C=O) groups excluding carboxylic acids is 2. The summed E-state index contributed by atoms with van der Waals surface area (Å²) in [6.07, 6.45) is 1.42. The van der Waals surface area contributed by atoms with Crippen LogP contribution in [0.1, 0.15) is 0 Å². The fourth-order valence-corrected chi connectivity index (χ4v) is 1.93. The highest BCUT2D eigenvalue weighted by molar-refractivity contribution is 5.98. The minimum absolute atomic E-state index is 0.436. The number of anilines is 1. The maximum absolute atomic E-state index is 11.2. The zero-order valence-electron chi connectivity index (χ0n) is 9.87. The lowest BCUT2D eigenvalue weighted by atomic mass is 10.1. The van der Waals surface area contributed by atoms with Crippen LogP contribution >= 0.6 is 0 Å². The van der Waals surface area contributed by atoms with E-state index in [1.54, 1.807) is 4.90 Å². The van der Waals surface area contributed by atoms with Crippen LogP contribution in [-0.4, -0.2) is 25.9 Å². The van der Waals surface area contributed by atoms with Gasteiger partial charge in [-0.3, -0.25) is 9.59 Å². The SMILES string of the molecule is O=CNCCN(C=O)c1cccc2ccccc12. The van der Waals surface area contributed by atoms with Crippen molar-refractivity contribution < 1.29 is 9.59 Å². The van der Waals surface area contributed by atoms with Crippen LogP contribution in [0.4, 0.5) is 5.69 Å². The van der Waals surface area contributed by atoms with Crippen molar-refractivity contribution in [2.24, 2.45) is 0 Å². The largest absolute Gasteiger partial charge is 0.357 e. The summed E-state index contributed by atoms with van der Waals surface area (Å²) in [5.74, 6) is 0. The van der Waals surface area contributed by atoms with Crippen LogP contribution in [0.5, 0.6) is 0 Å². The number of fused-ring (bicyclic) bond motifs is 1. The first kappa shape index (κ1) is 12.1. The summed E-state index contributed by atoms with van der Waals surface area (Å²) >= 11 is 0. The second kappa shape index (κ2) is 5.82. The number of carbonyl (C=O) groups is 2. The molecule has 0 heterocycles. The Morgan fingerprint density at radius 1 is 1.06 bits per heavy atom. The van der Waals surface area contributed by atoms with E-state index in [2.05, 4.69) is 5.32 Å². The summed E-state index contributed by atoms with van der Waals surface area (Å²) in [5.41, 5.74) is 0.857. The van der Waals surface area contributed by atoms with Crippen molar-refractivity contribution in [2.75, 3.05) is 18.0 Å². The van der Waals surface area contributed by atoms with Crippen molar-refractivity contribution >= 4 is 29.3 Å². The molecule has 2 rings (SSSR count). The van der Waals surface area contributed by atoms with Gasteiger partial charge in [0.1, 0.15) is 0 Å².